The summed E-state index contributed by atoms with van der Waals surface area (Å²) < 4.78 is 5.41. The highest BCUT2D eigenvalue weighted by atomic mass is 16.5. The van der Waals surface area contributed by atoms with Gasteiger partial charge in [0.05, 0.1) is 13.2 Å². The maximum atomic E-state index is 5.41. The summed E-state index contributed by atoms with van der Waals surface area (Å²) in [6, 6.07) is 0.543. The molecular weight excluding hydrogens is 138 g/mol. The molecule has 0 saturated carbocycles. The fourth-order valence-electron chi connectivity index (χ4n) is 1.31. The molecule has 0 aromatic carbocycles. The van der Waals surface area contributed by atoms with Crippen LogP contribution in [-0.4, -0.2) is 25.8 Å². The van der Waals surface area contributed by atoms with Crippen molar-refractivity contribution in [2.24, 2.45) is 5.41 Å². The second kappa shape index (κ2) is 3.55. The lowest BCUT2D eigenvalue weighted by molar-refractivity contribution is 0.0322. The minimum Gasteiger partial charge on any atom is -0.378 e. The SMILES string of the molecule is CCC(C)(C)[C@@H]1COCCN1. The molecule has 0 bridgehead atoms. The van der Waals surface area contributed by atoms with Crippen LogP contribution in [0.3, 0.4) is 0 Å². The van der Waals surface area contributed by atoms with Crippen LogP contribution in [0.2, 0.25) is 0 Å². The molecule has 1 fully saturated rings. The maximum Gasteiger partial charge on any atom is 0.0625 e. The van der Waals surface area contributed by atoms with E-state index in [1.165, 1.54) is 6.42 Å². The van der Waals surface area contributed by atoms with Crippen molar-refractivity contribution in [3.8, 4) is 0 Å². The summed E-state index contributed by atoms with van der Waals surface area (Å²) in [5.41, 5.74) is 0.375. The second-order valence-electron chi connectivity index (χ2n) is 3.92. The van der Waals surface area contributed by atoms with Crippen LogP contribution in [0.4, 0.5) is 0 Å². The van der Waals surface area contributed by atoms with Gasteiger partial charge < -0.3 is 10.1 Å². The van der Waals surface area contributed by atoms with E-state index in [2.05, 4.69) is 26.1 Å². The van der Waals surface area contributed by atoms with Gasteiger partial charge in [0.15, 0.2) is 0 Å². The Labute approximate surface area is 69.3 Å². The molecule has 0 amide bonds. The summed E-state index contributed by atoms with van der Waals surface area (Å²) in [5, 5.41) is 3.49. The van der Waals surface area contributed by atoms with Crippen molar-refractivity contribution < 1.29 is 4.74 Å². The number of hydrogen-bond donors (Lipinski definition) is 1. The van der Waals surface area contributed by atoms with Gasteiger partial charge in [0.2, 0.25) is 0 Å². The molecule has 2 heteroatoms. The smallest absolute Gasteiger partial charge is 0.0625 e. The second-order valence-corrected chi connectivity index (χ2v) is 3.92. The van der Waals surface area contributed by atoms with Gasteiger partial charge in [-0.15, -0.1) is 0 Å². The summed E-state index contributed by atoms with van der Waals surface area (Å²) >= 11 is 0. The van der Waals surface area contributed by atoms with Crippen LogP contribution < -0.4 is 5.32 Å². The number of hydrogen-bond acceptors (Lipinski definition) is 2. The molecule has 0 aromatic heterocycles. The molecule has 0 aromatic rings. The van der Waals surface area contributed by atoms with Crippen LogP contribution >= 0.6 is 0 Å². The van der Waals surface area contributed by atoms with E-state index in [9.17, 15) is 0 Å². The van der Waals surface area contributed by atoms with Gasteiger partial charge >= 0.3 is 0 Å². The molecular formula is C9H19NO. The number of rotatable bonds is 2. The lowest BCUT2D eigenvalue weighted by atomic mass is 9.82. The number of morpholine rings is 1. The third kappa shape index (κ3) is 2.17. The largest absolute Gasteiger partial charge is 0.378 e. The molecule has 1 rings (SSSR count). The molecule has 0 spiro atoms. The van der Waals surface area contributed by atoms with Crippen molar-refractivity contribution in [1.82, 2.24) is 5.32 Å². The lowest BCUT2D eigenvalue weighted by Crippen LogP contribution is -2.49. The first-order chi connectivity index (χ1) is 5.17. The summed E-state index contributed by atoms with van der Waals surface area (Å²) in [7, 11) is 0. The summed E-state index contributed by atoms with van der Waals surface area (Å²) in [6.45, 7) is 9.57. The van der Waals surface area contributed by atoms with E-state index in [1.54, 1.807) is 0 Å². The van der Waals surface area contributed by atoms with Gasteiger partial charge in [0.25, 0.3) is 0 Å². The third-order valence-electron chi connectivity index (χ3n) is 2.78. The fourth-order valence-corrected chi connectivity index (χ4v) is 1.31. The van der Waals surface area contributed by atoms with Gasteiger partial charge in [-0.1, -0.05) is 20.8 Å². The van der Waals surface area contributed by atoms with Crippen molar-refractivity contribution in [2.75, 3.05) is 19.8 Å². The highest BCUT2D eigenvalue weighted by molar-refractivity contribution is 4.84. The Morgan fingerprint density at radius 1 is 1.55 bits per heavy atom. The van der Waals surface area contributed by atoms with E-state index in [0.29, 0.717) is 11.5 Å². The first kappa shape index (κ1) is 9.01. The zero-order valence-electron chi connectivity index (χ0n) is 7.81. The topological polar surface area (TPSA) is 21.3 Å². The molecule has 0 aliphatic carbocycles. The minimum atomic E-state index is 0.375. The standard InChI is InChI=1S/C9H19NO/c1-4-9(2,3)8-7-11-6-5-10-8/h8,10H,4-7H2,1-3H3/t8-/m0/s1. The van der Waals surface area contributed by atoms with Crippen molar-refractivity contribution in [2.45, 2.75) is 33.2 Å². The van der Waals surface area contributed by atoms with Gasteiger partial charge in [-0.2, -0.15) is 0 Å². The predicted octanol–water partition coefficient (Wildman–Crippen LogP) is 1.41. The number of nitrogens with one attached hydrogen (secondary N) is 1. The monoisotopic (exact) mass is 157 g/mol. The van der Waals surface area contributed by atoms with Crippen LogP contribution in [0.5, 0.6) is 0 Å². The van der Waals surface area contributed by atoms with E-state index in [1.807, 2.05) is 0 Å². The molecule has 0 unspecified atom stereocenters. The molecule has 1 N–H and O–H groups in total. The van der Waals surface area contributed by atoms with Crippen molar-refractivity contribution in [3.63, 3.8) is 0 Å². The fraction of sp³-hybridized carbons (Fsp3) is 1.00. The Kier molecular flexibility index (Phi) is 2.90. The van der Waals surface area contributed by atoms with Gasteiger partial charge in [0, 0.05) is 12.6 Å². The van der Waals surface area contributed by atoms with E-state index < -0.39 is 0 Å². The van der Waals surface area contributed by atoms with E-state index in [4.69, 9.17) is 4.74 Å². The zero-order chi connectivity index (χ0) is 8.32. The maximum absolute atomic E-state index is 5.41. The Balaban J connectivity index is 2.43. The van der Waals surface area contributed by atoms with Crippen LogP contribution in [0.1, 0.15) is 27.2 Å². The van der Waals surface area contributed by atoms with Gasteiger partial charge in [-0.25, -0.2) is 0 Å². The first-order valence-electron chi connectivity index (χ1n) is 4.48. The van der Waals surface area contributed by atoms with Crippen LogP contribution in [0.25, 0.3) is 0 Å². The molecule has 11 heavy (non-hydrogen) atoms. The van der Waals surface area contributed by atoms with Gasteiger partial charge in [0.1, 0.15) is 0 Å². The summed E-state index contributed by atoms with van der Waals surface area (Å²) in [5.74, 6) is 0. The molecule has 1 aliphatic rings. The Morgan fingerprint density at radius 2 is 2.27 bits per heavy atom. The Hall–Kier alpha value is -0.0800. The normalized spacial score (nSPS) is 27.0. The molecule has 1 saturated heterocycles. The Morgan fingerprint density at radius 3 is 2.73 bits per heavy atom. The van der Waals surface area contributed by atoms with Gasteiger partial charge in [-0.05, 0) is 11.8 Å². The quantitative estimate of drug-likeness (QED) is 0.654. The molecule has 1 heterocycles. The van der Waals surface area contributed by atoms with Crippen LogP contribution in [-0.2, 0) is 4.74 Å². The van der Waals surface area contributed by atoms with Crippen molar-refractivity contribution in [1.29, 1.82) is 0 Å². The van der Waals surface area contributed by atoms with Crippen LogP contribution in [0.15, 0.2) is 0 Å². The first-order valence-corrected chi connectivity index (χ1v) is 4.48. The average molecular weight is 157 g/mol. The molecule has 66 valence electrons. The number of ether oxygens (including phenoxy) is 1. The molecule has 1 aliphatic heterocycles. The highest BCUT2D eigenvalue weighted by Crippen LogP contribution is 2.25. The van der Waals surface area contributed by atoms with E-state index in [-0.39, 0.29) is 0 Å². The van der Waals surface area contributed by atoms with Crippen molar-refractivity contribution in [3.05, 3.63) is 0 Å². The molecule has 2 nitrogen and oxygen atoms in total. The molecule has 0 radical (unpaired) electrons. The average Bonchev–Trinajstić information content (AvgIpc) is 2.06. The van der Waals surface area contributed by atoms with Crippen molar-refractivity contribution >= 4 is 0 Å². The Bertz CT molecular complexity index is 117. The summed E-state index contributed by atoms with van der Waals surface area (Å²) in [4.78, 5) is 0. The minimum absolute atomic E-state index is 0.375. The predicted molar refractivity (Wildman–Crippen MR) is 46.7 cm³/mol. The lowest BCUT2D eigenvalue weighted by Gasteiger charge is -2.36. The zero-order valence-corrected chi connectivity index (χ0v) is 7.81. The van der Waals surface area contributed by atoms with Gasteiger partial charge in [-0.3, -0.25) is 0 Å². The highest BCUT2D eigenvalue weighted by Gasteiger charge is 2.28. The van der Waals surface area contributed by atoms with E-state index >= 15 is 0 Å². The van der Waals surface area contributed by atoms with Crippen LogP contribution in [0, 0.1) is 5.41 Å². The summed E-state index contributed by atoms with van der Waals surface area (Å²) in [6.07, 6.45) is 1.20. The molecule has 1 atom stereocenters. The van der Waals surface area contributed by atoms with E-state index in [0.717, 1.165) is 19.8 Å². The third-order valence-corrected chi connectivity index (χ3v) is 2.78.